The van der Waals surface area contributed by atoms with Crippen molar-refractivity contribution in [1.29, 1.82) is 0 Å². The number of aryl methyl sites for hydroxylation is 1. The SMILES string of the molecule is Cc1nc(N)nc(NCCN(C)C)n1. The van der Waals surface area contributed by atoms with Gasteiger partial charge in [0.25, 0.3) is 0 Å². The van der Waals surface area contributed by atoms with Crippen LogP contribution in [-0.2, 0) is 0 Å². The molecule has 0 amide bonds. The Morgan fingerprint density at radius 3 is 2.57 bits per heavy atom. The Kier molecular flexibility index (Phi) is 3.58. The molecule has 0 saturated carbocycles. The zero-order valence-electron chi connectivity index (χ0n) is 8.78. The van der Waals surface area contributed by atoms with Crippen LogP contribution in [0.5, 0.6) is 0 Å². The molecule has 3 N–H and O–H groups in total. The number of nitrogens with zero attached hydrogens (tertiary/aromatic N) is 4. The van der Waals surface area contributed by atoms with Gasteiger partial charge < -0.3 is 16.0 Å². The summed E-state index contributed by atoms with van der Waals surface area (Å²) >= 11 is 0. The topological polar surface area (TPSA) is 80.0 Å². The van der Waals surface area contributed by atoms with E-state index in [1.54, 1.807) is 6.92 Å². The van der Waals surface area contributed by atoms with Crippen LogP contribution in [0, 0.1) is 6.92 Å². The van der Waals surface area contributed by atoms with Gasteiger partial charge in [-0.05, 0) is 21.0 Å². The Labute approximate surface area is 83.6 Å². The van der Waals surface area contributed by atoms with Crippen LogP contribution in [0.15, 0.2) is 0 Å². The van der Waals surface area contributed by atoms with Crippen molar-refractivity contribution in [3.8, 4) is 0 Å². The predicted octanol–water partition coefficient (Wildman–Crippen LogP) is -0.264. The van der Waals surface area contributed by atoms with E-state index < -0.39 is 0 Å². The smallest absolute Gasteiger partial charge is 0.227 e. The number of likely N-dealkylation sites (N-methyl/N-ethyl adjacent to an activating group) is 1. The van der Waals surface area contributed by atoms with Crippen molar-refractivity contribution >= 4 is 11.9 Å². The second kappa shape index (κ2) is 4.71. The molecule has 6 heteroatoms. The van der Waals surface area contributed by atoms with Crippen LogP contribution in [0.1, 0.15) is 5.82 Å². The third kappa shape index (κ3) is 3.53. The molecule has 0 atom stereocenters. The molecule has 0 aliphatic carbocycles. The maximum absolute atomic E-state index is 5.48. The first-order valence-corrected chi connectivity index (χ1v) is 4.44. The Bertz CT molecular complexity index is 278. The summed E-state index contributed by atoms with van der Waals surface area (Å²) in [6.45, 7) is 3.50. The Morgan fingerprint density at radius 1 is 1.29 bits per heavy atom. The lowest BCUT2D eigenvalue weighted by atomic mass is 10.6. The van der Waals surface area contributed by atoms with Crippen molar-refractivity contribution in [2.75, 3.05) is 38.2 Å². The van der Waals surface area contributed by atoms with Crippen molar-refractivity contribution < 1.29 is 0 Å². The van der Waals surface area contributed by atoms with Gasteiger partial charge in [-0.3, -0.25) is 0 Å². The summed E-state index contributed by atoms with van der Waals surface area (Å²) in [7, 11) is 4.02. The summed E-state index contributed by atoms with van der Waals surface area (Å²) < 4.78 is 0. The number of anilines is 2. The average Bonchev–Trinajstić information content (AvgIpc) is 2.01. The summed E-state index contributed by atoms with van der Waals surface area (Å²) in [6, 6.07) is 0. The van der Waals surface area contributed by atoms with Crippen LogP contribution >= 0.6 is 0 Å². The van der Waals surface area contributed by atoms with E-state index in [1.165, 1.54) is 0 Å². The van der Waals surface area contributed by atoms with E-state index in [-0.39, 0.29) is 5.95 Å². The van der Waals surface area contributed by atoms with Crippen LogP contribution in [0.2, 0.25) is 0 Å². The molecule has 0 radical (unpaired) electrons. The molecule has 6 nitrogen and oxygen atoms in total. The van der Waals surface area contributed by atoms with Crippen LogP contribution in [-0.4, -0.2) is 47.0 Å². The average molecular weight is 196 g/mol. The highest BCUT2D eigenvalue weighted by Crippen LogP contribution is 2.00. The van der Waals surface area contributed by atoms with Crippen LogP contribution < -0.4 is 11.1 Å². The molecule has 14 heavy (non-hydrogen) atoms. The quantitative estimate of drug-likeness (QED) is 0.690. The molecule has 0 spiro atoms. The molecule has 1 heterocycles. The minimum Gasteiger partial charge on any atom is -0.368 e. The third-order valence-electron chi connectivity index (χ3n) is 1.61. The zero-order valence-corrected chi connectivity index (χ0v) is 8.78. The van der Waals surface area contributed by atoms with Gasteiger partial charge in [-0.25, -0.2) is 0 Å². The molecular weight excluding hydrogens is 180 g/mol. The second-order valence-electron chi connectivity index (χ2n) is 3.29. The van der Waals surface area contributed by atoms with Crippen molar-refractivity contribution in [3.63, 3.8) is 0 Å². The summed E-state index contributed by atoms with van der Waals surface area (Å²) in [4.78, 5) is 14.0. The molecule has 0 unspecified atom stereocenters. The van der Waals surface area contributed by atoms with E-state index in [9.17, 15) is 0 Å². The number of nitrogens with two attached hydrogens (primary N) is 1. The van der Waals surface area contributed by atoms with Gasteiger partial charge in [0.15, 0.2) is 0 Å². The van der Waals surface area contributed by atoms with Gasteiger partial charge >= 0.3 is 0 Å². The second-order valence-corrected chi connectivity index (χ2v) is 3.29. The number of hydrogen-bond donors (Lipinski definition) is 2. The van der Waals surface area contributed by atoms with E-state index in [0.717, 1.165) is 13.1 Å². The van der Waals surface area contributed by atoms with E-state index in [0.29, 0.717) is 11.8 Å². The highest BCUT2D eigenvalue weighted by atomic mass is 15.2. The minimum atomic E-state index is 0.254. The first-order valence-electron chi connectivity index (χ1n) is 4.44. The fourth-order valence-electron chi connectivity index (χ4n) is 0.973. The van der Waals surface area contributed by atoms with E-state index in [2.05, 4.69) is 25.2 Å². The normalized spacial score (nSPS) is 10.6. The van der Waals surface area contributed by atoms with Gasteiger partial charge in [-0.1, -0.05) is 0 Å². The Balaban J connectivity index is 2.50. The van der Waals surface area contributed by atoms with Gasteiger partial charge in [-0.15, -0.1) is 0 Å². The number of nitrogens with one attached hydrogen (secondary N) is 1. The summed E-state index contributed by atoms with van der Waals surface area (Å²) in [6.07, 6.45) is 0. The summed E-state index contributed by atoms with van der Waals surface area (Å²) in [5, 5.41) is 3.07. The monoisotopic (exact) mass is 196 g/mol. The maximum Gasteiger partial charge on any atom is 0.227 e. The first kappa shape index (κ1) is 10.6. The van der Waals surface area contributed by atoms with Gasteiger partial charge in [0, 0.05) is 13.1 Å². The fraction of sp³-hybridized carbons (Fsp3) is 0.625. The molecule has 0 aromatic carbocycles. The number of hydrogen-bond acceptors (Lipinski definition) is 6. The lowest BCUT2D eigenvalue weighted by Gasteiger charge is -2.10. The zero-order chi connectivity index (χ0) is 10.6. The predicted molar refractivity (Wildman–Crippen MR) is 56.0 cm³/mol. The molecule has 0 saturated heterocycles. The molecule has 78 valence electrons. The highest BCUT2D eigenvalue weighted by Gasteiger charge is 1.99. The fourth-order valence-corrected chi connectivity index (χ4v) is 0.973. The summed E-state index contributed by atoms with van der Waals surface area (Å²) in [5.74, 6) is 1.42. The summed E-state index contributed by atoms with van der Waals surface area (Å²) in [5.41, 5.74) is 5.48. The lowest BCUT2D eigenvalue weighted by Crippen LogP contribution is -2.22. The molecule has 0 bridgehead atoms. The largest absolute Gasteiger partial charge is 0.368 e. The van der Waals surface area contributed by atoms with Crippen molar-refractivity contribution in [2.45, 2.75) is 6.92 Å². The van der Waals surface area contributed by atoms with Crippen LogP contribution in [0.3, 0.4) is 0 Å². The molecule has 0 aliphatic heterocycles. The molecule has 1 aromatic rings. The van der Waals surface area contributed by atoms with Crippen molar-refractivity contribution in [3.05, 3.63) is 5.82 Å². The highest BCUT2D eigenvalue weighted by molar-refractivity contribution is 5.30. The van der Waals surface area contributed by atoms with Crippen LogP contribution in [0.4, 0.5) is 11.9 Å². The van der Waals surface area contributed by atoms with Gasteiger partial charge in [0.1, 0.15) is 5.82 Å². The number of aromatic nitrogens is 3. The minimum absolute atomic E-state index is 0.254. The van der Waals surface area contributed by atoms with Gasteiger partial charge in [-0.2, -0.15) is 15.0 Å². The van der Waals surface area contributed by atoms with Gasteiger partial charge in [0.05, 0.1) is 0 Å². The maximum atomic E-state index is 5.48. The van der Waals surface area contributed by atoms with E-state index >= 15 is 0 Å². The Hall–Kier alpha value is -1.43. The molecule has 0 aliphatic rings. The van der Waals surface area contributed by atoms with Gasteiger partial charge in [0.2, 0.25) is 11.9 Å². The standard InChI is InChI=1S/C8H16N6/c1-6-11-7(9)13-8(12-6)10-4-5-14(2)3/h4-5H2,1-3H3,(H3,9,10,11,12,13). The molecular formula is C8H16N6. The first-order chi connectivity index (χ1) is 6.58. The van der Waals surface area contributed by atoms with Crippen LogP contribution in [0.25, 0.3) is 0 Å². The van der Waals surface area contributed by atoms with E-state index in [4.69, 9.17) is 5.73 Å². The van der Waals surface area contributed by atoms with E-state index in [1.807, 2.05) is 14.1 Å². The molecule has 0 fully saturated rings. The number of nitrogen functional groups attached to an aromatic ring is 1. The Morgan fingerprint density at radius 2 is 2.00 bits per heavy atom. The number of rotatable bonds is 4. The van der Waals surface area contributed by atoms with Crippen molar-refractivity contribution in [2.24, 2.45) is 0 Å². The lowest BCUT2D eigenvalue weighted by molar-refractivity contribution is 0.425. The molecule has 1 aromatic heterocycles. The molecule has 1 rings (SSSR count). The third-order valence-corrected chi connectivity index (χ3v) is 1.61. The van der Waals surface area contributed by atoms with Crippen molar-refractivity contribution in [1.82, 2.24) is 19.9 Å².